The molecule has 1 saturated heterocycles. The van der Waals surface area contributed by atoms with Gasteiger partial charge in [-0.25, -0.2) is 15.0 Å². The molecular weight excluding hydrogens is 464 g/mol. The molecule has 2 aromatic heterocycles. The maximum Gasteiger partial charge on any atom is 0.298 e. The average molecular weight is 487 g/mol. The largest absolute Gasteiger partial charge is 0.325 e. The Labute approximate surface area is 214 Å². The van der Waals surface area contributed by atoms with E-state index in [-0.39, 0.29) is 17.9 Å². The first kappa shape index (κ1) is 23.7. The van der Waals surface area contributed by atoms with Gasteiger partial charge in [-0.05, 0) is 73.2 Å². The molecule has 2 aromatic carbocycles. The van der Waals surface area contributed by atoms with Crippen LogP contribution in [0.1, 0.15) is 47.3 Å². The van der Waals surface area contributed by atoms with E-state index in [1.54, 1.807) is 31.3 Å². The van der Waals surface area contributed by atoms with Gasteiger partial charge < -0.3 is 10.2 Å². The van der Waals surface area contributed by atoms with Crippen molar-refractivity contribution in [1.29, 1.82) is 5.26 Å². The summed E-state index contributed by atoms with van der Waals surface area (Å²) in [4.78, 5) is 40.0. The number of likely N-dealkylation sites (tertiary alicyclic amines) is 1. The molecule has 1 fully saturated rings. The summed E-state index contributed by atoms with van der Waals surface area (Å²) in [5, 5.41) is 12.6. The number of carbonyl (C=O) groups is 2. The summed E-state index contributed by atoms with van der Waals surface area (Å²) in [7, 11) is 0. The monoisotopic (exact) mass is 486 g/mol. The smallest absolute Gasteiger partial charge is 0.298 e. The zero-order valence-corrected chi connectivity index (χ0v) is 20.1. The highest BCUT2D eigenvalue weighted by Gasteiger charge is 2.31. The van der Waals surface area contributed by atoms with Crippen LogP contribution in [0.3, 0.4) is 0 Å². The molecule has 0 radical (unpaired) electrons. The van der Waals surface area contributed by atoms with E-state index < -0.39 is 0 Å². The van der Waals surface area contributed by atoms with Gasteiger partial charge in [0, 0.05) is 35.5 Å². The minimum Gasteiger partial charge on any atom is -0.325 e. The molecule has 0 aliphatic carbocycles. The number of nitrogens with one attached hydrogen (secondary N) is 1. The number of anilines is 1. The fourth-order valence-electron chi connectivity index (χ4n) is 4.64. The molecule has 5 rings (SSSR count). The third kappa shape index (κ3) is 4.86. The number of carbonyl (C=O) groups excluding carboxylic acids is 2. The number of hydrogen-bond donors (Lipinski definition) is 1. The van der Waals surface area contributed by atoms with Crippen LogP contribution in [0.5, 0.6) is 0 Å². The maximum absolute atomic E-state index is 12.7. The van der Waals surface area contributed by atoms with Crippen molar-refractivity contribution in [2.24, 2.45) is 0 Å². The van der Waals surface area contributed by atoms with E-state index >= 15 is 0 Å². The van der Waals surface area contributed by atoms with Crippen LogP contribution >= 0.6 is 0 Å². The van der Waals surface area contributed by atoms with E-state index in [2.05, 4.69) is 38.2 Å². The normalized spacial score (nSPS) is 14.5. The number of nitriles is 1. The van der Waals surface area contributed by atoms with Gasteiger partial charge in [-0.2, -0.15) is 5.26 Å². The van der Waals surface area contributed by atoms with Crippen molar-refractivity contribution in [3.8, 4) is 29.0 Å². The summed E-state index contributed by atoms with van der Waals surface area (Å²) in [6.07, 6.45) is 6.50. The molecular formula is C29H22N6O2. The zero-order valence-electron chi connectivity index (χ0n) is 20.1. The van der Waals surface area contributed by atoms with Crippen LogP contribution in [-0.4, -0.2) is 38.2 Å². The van der Waals surface area contributed by atoms with Gasteiger partial charge in [-0.15, -0.1) is 0 Å². The van der Waals surface area contributed by atoms with Gasteiger partial charge in [0.1, 0.15) is 12.1 Å². The van der Waals surface area contributed by atoms with Gasteiger partial charge in [0.05, 0.1) is 23.2 Å². The first-order valence-electron chi connectivity index (χ1n) is 11.8. The number of pyridine rings is 1. The molecule has 3 heterocycles. The number of amides is 2. The minimum atomic E-state index is -0.320. The predicted octanol–water partition coefficient (Wildman–Crippen LogP) is 4.50. The molecule has 1 atom stereocenters. The van der Waals surface area contributed by atoms with Crippen LogP contribution in [0.25, 0.3) is 22.0 Å². The molecule has 8 nitrogen and oxygen atoms in total. The molecule has 180 valence electrons. The third-order valence-corrected chi connectivity index (χ3v) is 6.35. The Morgan fingerprint density at radius 2 is 1.92 bits per heavy atom. The van der Waals surface area contributed by atoms with Crippen LogP contribution in [0.15, 0.2) is 67.3 Å². The van der Waals surface area contributed by atoms with Crippen LogP contribution in [0.2, 0.25) is 0 Å². The van der Waals surface area contributed by atoms with Crippen LogP contribution in [0, 0.1) is 23.2 Å². The quantitative estimate of drug-likeness (QED) is 0.425. The lowest BCUT2D eigenvalue weighted by molar-refractivity contribution is -0.125. The number of nitrogens with zero attached hydrogens (tertiary/aromatic N) is 5. The lowest BCUT2D eigenvalue weighted by atomic mass is 9.94. The van der Waals surface area contributed by atoms with Crippen LogP contribution < -0.4 is 5.32 Å². The van der Waals surface area contributed by atoms with Gasteiger partial charge in [-0.3, -0.25) is 9.59 Å². The van der Waals surface area contributed by atoms with Gasteiger partial charge in [-0.1, -0.05) is 18.1 Å². The molecule has 4 aromatic rings. The van der Waals surface area contributed by atoms with Crippen molar-refractivity contribution in [1.82, 2.24) is 19.9 Å². The summed E-state index contributed by atoms with van der Waals surface area (Å²) < 4.78 is 0. The first-order chi connectivity index (χ1) is 18.1. The summed E-state index contributed by atoms with van der Waals surface area (Å²) >= 11 is 0. The maximum atomic E-state index is 12.7. The first-order valence-corrected chi connectivity index (χ1v) is 11.8. The van der Waals surface area contributed by atoms with E-state index in [0.29, 0.717) is 23.5 Å². The van der Waals surface area contributed by atoms with Gasteiger partial charge >= 0.3 is 0 Å². The average Bonchev–Trinajstić information content (AvgIpc) is 3.43. The fraction of sp³-hybridized carbons (Fsp3) is 0.172. The summed E-state index contributed by atoms with van der Waals surface area (Å²) in [5.74, 6) is 5.19. The predicted molar refractivity (Wildman–Crippen MR) is 139 cm³/mol. The highest BCUT2D eigenvalue weighted by atomic mass is 16.2. The Hall–Kier alpha value is -5.08. The van der Waals surface area contributed by atoms with Crippen LogP contribution in [0.4, 0.5) is 5.82 Å². The fourth-order valence-corrected chi connectivity index (χ4v) is 4.64. The van der Waals surface area contributed by atoms with E-state index in [4.69, 9.17) is 5.26 Å². The van der Waals surface area contributed by atoms with Crippen molar-refractivity contribution < 1.29 is 9.59 Å². The molecule has 37 heavy (non-hydrogen) atoms. The summed E-state index contributed by atoms with van der Waals surface area (Å²) in [6, 6.07) is 16.3. The number of aromatic nitrogens is 3. The summed E-state index contributed by atoms with van der Waals surface area (Å²) in [6.45, 7) is 2.32. The lowest BCUT2D eigenvalue weighted by Crippen LogP contribution is -2.29. The molecule has 0 bridgehead atoms. The molecule has 1 N–H and O–H groups in total. The highest BCUT2D eigenvalue weighted by molar-refractivity contribution is 6.04. The number of hydrogen-bond acceptors (Lipinski definition) is 6. The lowest BCUT2D eigenvalue weighted by Gasteiger charge is -2.24. The molecule has 2 amide bonds. The van der Waals surface area contributed by atoms with E-state index in [9.17, 15) is 9.59 Å². The van der Waals surface area contributed by atoms with E-state index in [1.807, 2.05) is 29.2 Å². The molecule has 0 saturated carbocycles. The van der Waals surface area contributed by atoms with Crippen molar-refractivity contribution in [3.05, 3.63) is 83.9 Å². The Morgan fingerprint density at radius 3 is 2.70 bits per heavy atom. The van der Waals surface area contributed by atoms with Crippen molar-refractivity contribution in [3.63, 3.8) is 0 Å². The number of rotatable bonds is 4. The highest BCUT2D eigenvalue weighted by Crippen LogP contribution is 2.38. The van der Waals surface area contributed by atoms with Crippen molar-refractivity contribution in [2.45, 2.75) is 25.8 Å². The van der Waals surface area contributed by atoms with Gasteiger partial charge in [0.2, 0.25) is 0 Å². The molecule has 0 spiro atoms. The zero-order chi connectivity index (χ0) is 25.8. The topological polar surface area (TPSA) is 112 Å². The molecule has 1 unspecified atom stereocenters. The van der Waals surface area contributed by atoms with Crippen LogP contribution in [-0.2, 0) is 4.79 Å². The Kier molecular flexibility index (Phi) is 6.56. The summed E-state index contributed by atoms with van der Waals surface area (Å²) in [5.41, 5.74) is 4.51. The second-order valence-corrected chi connectivity index (χ2v) is 8.63. The number of fused-ring (bicyclic) bond motifs is 1. The van der Waals surface area contributed by atoms with Crippen molar-refractivity contribution >= 4 is 28.5 Å². The third-order valence-electron chi connectivity index (χ3n) is 6.35. The minimum absolute atomic E-state index is 0.118. The molecule has 1 aliphatic rings. The number of benzene rings is 2. The standard InChI is InChI=1S/C29H22N6O2/c1-2-4-27(36)35-12-3-5-25(35)24-15-22(14-23-17-31-18-33-28(23)24)20-6-8-21(9-7-20)29(37)34-26-13-19(16-30)10-11-32-26/h6-11,13-15,17-18,25H,3,5,12H2,1H3,(H,32,34,37). The second-order valence-electron chi connectivity index (χ2n) is 8.63. The molecule has 1 aliphatic heterocycles. The Balaban J connectivity index is 1.46. The second kappa shape index (κ2) is 10.3. The van der Waals surface area contributed by atoms with E-state index in [1.165, 1.54) is 18.6 Å². The Bertz CT molecular complexity index is 1610. The van der Waals surface area contributed by atoms with Crippen molar-refractivity contribution in [2.75, 3.05) is 11.9 Å². The van der Waals surface area contributed by atoms with Gasteiger partial charge in [0.15, 0.2) is 0 Å². The SMILES string of the molecule is CC#CC(=O)N1CCCC1c1cc(-c2ccc(C(=O)Nc3cc(C#N)ccn3)cc2)cc2cncnc12. The molecule has 8 heteroatoms. The Morgan fingerprint density at radius 1 is 1.08 bits per heavy atom. The van der Waals surface area contributed by atoms with E-state index in [0.717, 1.165) is 40.4 Å². The van der Waals surface area contributed by atoms with Gasteiger partial charge in [0.25, 0.3) is 11.8 Å².